The van der Waals surface area contributed by atoms with Crippen molar-refractivity contribution >= 4 is 17.0 Å². The molecule has 5 heteroatoms. The van der Waals surface area contributed by atoms with Gasteiger partial charge in [-0.25, -0.2) is 4.79 Å². The molecule has 0 atom stereocenters. The predicted octanol–water partition coefficient (Wildman–Crippen LogP) is 0.731. The number of carbonyl (C=O) groups excluding carboxylic acids is 1. The quantitative estimate of drug-likeness (QED) is 0.829. The van der Waals surface area contributed by atoms with Crippen molar-refractivity contribution < 1.29 is 9.21 Å². The summed E-state index contributed by atoms with van der Waals surface area (Å²) in [4.78, 5) is 22.2. The molecule has 16 heavy (non-hydrogen) atoms. The monoisotopic (exact) mass is 220 g/mol. The lowest BCUT2D eigenvalue weighted by Crippen LogP contribution is -2.27. The van der Waals surface area contributed by atoms with Gasteiger partial charge in [-0.2, -0.15) is 0 Å². The van der Waals surface area contributed by atoms with Gasteiger partial charge in [-0.15, -0.1) is 0 Å². The number of amides is 1. The first-order valence-electron chi connectivity index (χ1n) is 5.01. The van der Waals surface area contributed by atoms with Crippen molar-refractivity contribution in [1.29, 1.82) is 0 Å². The zero-order valence-electron chi connectivity index (χ0n) is 8.90. The van der Waals surface area contributed by atoms with Gasteiger partial charge in [0.05, 0.1) is 5.52 Å². The van der Waals surface area contributed by atoms with Gasteiger partial charge in [0, 0.05) is 20.0 Å². The summed E-state index contributed by atoms with van der Waals surface area (Å²) in [6.45, 7) is 2.27. The second-order valence-corrected chi connectivity index (χ2v) is 3.47. The van der Waals surface area contributed by atoms with Gasteiger partial charge in [0.15, 0.2) is 5.58 Å². The second-order valence-electron chi connectivity index (χ2n) is 3.47. The number of hydrogen-bond acceptors (Lipinski definition) is 3. The van der Waals surface area contributed by atoms with Crippen molar-refractivity contribution in [2.24, 2.45) is 0 Å². The van der Waals surface area contributed by atoms with Crippen LogP contribution in [-0.2, 0) is 11.3 Å². The molecule has 1 amide bonds. The lowest BCUT2D eigenvalue weighted by molar-refractivity contribution is -0.118. The molecule has 0 saturated carbocycles. The standard InChI is InChI=1S/C11H12N2O3/c1-8(14)12-6-7-13-9-4-2-3-5-10(9)16-11(13)15/h2-5H,6-7H2,1H3,(H,12,14). The summed E-state index contributed by atoms with van der Waals surface area (Å²) in [6.07, 6.45) is 0. The van der Waals surface area contributed by atoms with Crippen molar-refractivity contribution in [3.63, 3.8) is 0 Å². The molecule has 0 radical (unpaired) electrons. The summed E-state index contributed by atoms with van der Waals surface area (Å²) in [5.41, 5.74) is 1.31. The zero-order valence-corrected chi connectivity index (χ0v) is 8.90. The Morgan fingerprint density at radius 2 is 2.19 bits per heavy atom. The molecule has 84 valence electrons. The number of rotatable bonds is 3. The fourth-order valence-corrected chi connectivity index (χ4v) is 1.57. The molecule has 2 aromatic rings. The number of nitrogens with zero attached hydrogens (tertiary/aromatic N) is 1. The molecule has 0 spiro atoms. The van der Waals surface area contributed by atoms with E-state index in [0.29, 0.717) is 18.7 Å². The summed E-state index contributed by atoms with van der Waals surface area (Å²) in [7, 11) is 0. The van der Waals surface area contributed by atoms with Crippen LogP contribution in [0.25, 0.3) is 11.1 Å². The normalized spacial score (nSPS) is 10.6. The maximum absolute atomic E-state index is 11.5. The van der Waals surface area contributed by atoms with Crippen LogP contribution in [0.1, 0.15) is 6.92 Å². The van der Waals surface area contributed by atoms with E-state index in [-0.39, 0.29) is 5.91 Å². The molecule has 0 aliphatic rings. The first-order chi connectivity index (χ1) is 7.68. The Morgan fingerprint density at radius 3 is 2.94 bits per heavy atom. The molecule has 2 rings (SSSR count). The average Bonchev–Trinajstić information content (AvgIpc) is 2.55. The number of fused-ring (bicyclic) bond motifs is 1. The Hall–Kier alpha value is -2.04. The predicted molar refractivity (Wildman–Crippen MR) is 59.2 cm³/mol. The molecule has 0 saturated heterocycles. The average molecular weight is 220 g/mol. The number of aromatic nitrogens is 1. The van der Waals surface area contributed by atoms with Gasteiger partial charge >= 0.3 is 5.76 Å². The van der Waals surface area contributed by atoms with Gasteiger partial charge < -0.3 is 9.73 Å². The summed E-state index contributed by atoms with van der Waals surface area (Å²) in [5.74, 6) is -0.507. The van der Waals surface area contributed by atoms with Gasteiger partial charge in [0.1, 0.15) is 0 Å². The van der Waals surface area contributed by atoms with Crippen LogP contribution in [0.3, 0.4) is 0 Å². The first kappa shape index (κ1) is 10.5. The van der Waals surface area contributed by atoms with E-state index in [2.05, 4.69) is 5.32 Å². The number of benzene rings is 1. The van der Waals surface area contributed by atoms with Crippen molar-refractivity contribution in [3.05, 3.63) is 34.8 Å². The van der Waals surface area contributed by atoms with Gasteiger partial charge in [-0.05, 0) is 12.1 Å². The highest BCUT2D eigenvalue weighted by Crippen LogP contribution is 2.10. The molecule has 1 N–H and O–H groups in total. The van der Waals surface area contributed by atoms with Gasteiger partial charge in [-0.3, -0.25) is 9.36 Å². The number of oxazole rings is 1. The Labute approximate surface area is 91.7 Å². The largest absolute Gasteiger partial charge is 0.420 e. The van der Waals surface area contributed by atoms with E-state index in [1.165, 1.54) is 11.5 Å². The number of hydrogen-bond donors (Lipinski definition) is 1. The zero-order chi connectivity index (χ0) is 11.5. The first-order valence-corrected chi connectivity index (χ1v) is 5.01. The molecule has 5 nitrogen and oxygen atoms in total. The van der Waals surface area contributed by atoms with E-state index >= 15 is 0 Å². The Bertz CT molecular complexity index is 568. The maximum atomic E-state index is 11.5. The van der Waals surface area contributed by atoms with Crippen LogP contribution >= 0.6 is 0 Å². The van der Waals surface area contributed by atoms with Crippen LogP contribution in [0.15, 0.2) is 33.5 Å². The molecule has 0 aliphatic carbocycles. The SMILES string of the molecule is CC(=O)NCCn1c(=O)oc2ccccc21. The van der Waals surface area contributed by atoms with Crippen LogP contribution < -0.4 is 11.1 Å². The van der Waals surface area contributed by atoms with Gasteiger partial charge in [-0.1, -0.05) is 12.1 Å². The second kappa shape index (κ2) is 4.22. The highest BCUT2D eigenvalue weighted by Gasteiger charge is 2.07. The third-order valence-electron chi connectivity index (χ3n) is 2.28. The molecular formula is C11H12N2O3. The minimum Gasteiger partial charge on any atom is -0.408 e. The summed E-state index contributed by atoms with van der Waals surface area (Å²) in [5, 5.41) is 2.64. The summed E-state index contributed by atoms with van der Waals surface area (Å²) < 4.78 is 6.56. The highest BCUT2D eigenvalue weighted by atomic mass is 16.4. The third kappa shape index (κ3) is 1.98. The van der Waals surface area contributed by atoms with E-state index < -0.39 is 5.76 Å². The van der Waals surface area contributed by atoms with Gasteiger partial charge in [0.25, 0.3) is 0 Å². The molecule has 1 aromatic carbocycles. The van der Waals surface area contributed by atoms with Crippen LogP contribution in [0.4, 0.5) is 0 Å². The molecule has 1 heterocycles. The molecule has 0 fully saturated rings. The summed E-state index contributed by atoms with van der Waals surface area (Å²) >= 11 is 0. The van der Waals surface area contributed by atoms with E-state index in [4.69, 9.17) is 4.42 Å². The van der Waals surface area contributed by atoms with E-state index in [0.717, 1.165) is 5.52 Å². The van der Waals surface area contributed by atoms with Crippen molar-refractivity contribution in [2.75, 3.05) is 6.54 Å². The van der Waals surface area contributed by atoms with E-state index in [1.54, 1.807) is 6.07 Å². The third-order valence-corrected chi connectivity index (χ3v) is 2.28. The molecule has 0 aliphatic heterocycles. The molecule has 0 unspecified atom stereocenters. The smallest absolute Gasteiger partial charge is 0.408 e. The minimum atomic E-state index is -0.397. The number of para-hydroxylation sites is 2. The number of carbonyl (C=O) groups is 1. The van der Waals surface area contributed by atoms with E-state index in [1.807, 2.05) is 18.2 Å². The molecule has 0 bridgehead atoms. The van der Waals surface area contributed by atoms with Crippen LogP contribution in [0.2, 0.25) is 0 Å². The maximum Gasteiger partial charge on any atom is 0.420 e. The van der Waals surface area contributed by atoms with Gasteiger partial charge in [0.2, 0.25) is 5.91 Å². The van der Waals surface area contributed by atoms with Crippen LogP contribution in [-0.4, -0.2) is 17.0 Å². The number of nitrogens with one attached hydrogen (secondary N) is 1. The fraction of sp³-hybridized carbons (Fsp3) is 0.273. The Morgan fingerprint density at radius 1 is 1.44 bits per heavy atom. The van der Waals surface area contributed by atoms with Crippen molar-refractivity contribution in [3.8, 4) is 0 Å². The lowest BCUT2D eigenvalue weighted by Gasteiger charge is -2.02. The van der Waals surface area contributed by atoms with Crippen molar-refractivity contribution in [1.82, 2.24) is 9.88 Å². The molecular weight excluding hydrogens is 208 g/mol. The molecule has 1 aromatic heterocycles. The fourth-order valence-electron chi connectivity index (χ4n) is 1.57. The van der Waals surface area contributed by atoms with Crippen LogP contribution in [0.5, 0.6) is 0 Å². The van der Waals surface area contributed by atoms with E-state index in [9.17, 15) is 9.59 Å². The highest BCUT2D eigenvalue weighted by molar-refractivity contribution is 5.73. The topological polar surface area (TPSA) is 64.2 Å². The van der Waals surface area contributed by atoms with Crippen LogP contribution in [0, 0.1) is 0 Å². The lowest BCUT2D eigenvalue weighted by atomic mass is 10.3. The Kier molecular flexibility index (Phi) is 2.76. The Balaban J connectivity index is 2.26. The minimum absolute atomic E-state index is 0.110. The van der Waals surface area contributed by atoms with Crippen molar-refractivity contribution in [2.45, 2.75) is 13.5 Å². The summed E-state index contributed by atoms with van der Waals surface area (Å²) in [6, 6.07) is 7.20.